The van der Waals surface area contributed by atoms with Gasteiger partial charge in [0.15, 0.2) is 0 Å². The fraction of sp³-hybridized carbons (Fsp3) is 0.316. The summed E-state index contributed by atoms with van der Waals surface area (Å²) in [5.41, 5.74) is 9.46. The molecule has 0 aliphatic heterocycles. The summed E-state index contributed by atoms with van der Waals surface area (Å²) >= 11 is 0. The van der Waals surface area contributed by atoms with Gasteiger partial charge < -0.3 is 12.4 Å². The Morgan fingerprint density at radius 2 is 0.929 bits per heavy atom. The van der Waals surface area contributed by atoms with Gasteiger partial charge in [-0.2, -0.15) is 0 Å². The zero-order valence-electron chi connectivity index (χ0n) is 26.4. The van der Waals surface area contributed by atoms with Crippen LogP contribution < -0.4 is 22.7 Å². The molecule has 0 aliphatic rings. The lowest BCUT2D eigenvalue weighted by Gasteiger charge is -2.19. The lowest BCUT2D eigenvalue weighted by molar-refractivity contribution is -0.313. The van der Waals surface area contributed by atoms with Gasteiger partial charge in [0.25, 0.3) is 5.84 Å². The fourth-order valence-electron chi connectivity index (χ4n) is 5.23. The van der Waals surface area contributed by atoms with E-state index in [1.165, 1.54) is 27.9 Å². The van der Waals surface area contributed by atoms with E-state index < -0.39 is 0 Å². The average molecular weight is 580 g/mol. The normalized spacial score (nSPS) is 12.3. The molecular formula is C38H46ClN3. The van der Waals surface area contributed by atoms with Gasteiger partial charge in [-0.3, -0.25) is 5.32 Å². The van der Waals surface area contributed by atoms with Crippen LogP contribution in [0.15, 0.2) is 102 Å². The van der Waals surface area contributed by atoms with Gasteiger partial charge in [-0.25, -0.2) is 4.99 Å². The topological polar surface area (TPSA) is 38.4 Å². The zero-order chi connectivity index (χ0) is 29.5. The fourth-order valence-corrected chi connectivity index (χ4v) is 5.23. The van der Waals surface area contributed by atoms with Crippen molar-refractivity contribution in [3.63, 3.8) is 0 Å². The Hall–Kier alpha value is -3.69. The standard InChI is InChI=1S/C38H45N3.ClH/c1-25(2)31-21-15-22-32(26(3)4)35(31)39-37(29-17-11-9-12-18-29)41-38(30-19-13-10-14-20-30)40-36-33(27(5)6)23-16-24-34(36)28(7)8;/h9-28H,1-8H3,(H,39,40,41);1H. The Labute approximate surface area is 259 Å². The molecule has 42 heavy (non-hydrogen) atoms. The van der Waals surface area contributed by atoms with Crippen molar-refractivity contribution >= 4 is 23.0 Å². The number of anilines is 1. The highest BCUT2D eigenvalue weighted by Crippen LogP contribution is 2.35. The van der Waals surface area contributed by atoms with Crippen LogP contribution in [0.3, 0.4) is 0 Å². The molecule has 0 aromatic heterocycles. The number of halogens is 1. The molecule has 0 unspecified atom stereocenters. The molecule has 0 heterocycles. The minimum absolute atomic E-state index is 0. The van der Waals surface area contributed by atoms with Crippen molar-refractivity contribution in [2.75, 3.05) is 5.32 Å². The summed E-state index contributed by atoms with van der Waals surface area (Å²) in [6.45, 7) is 18.0. The van der Waals surface area contributed by atoms with Crippen molar-refractivity contribution in [1.82, 2.24) is 0 Å². The number of rotatable bonds is 8. The molecule has 0 aliphatic carbocycles. The van der Waals surface area contributed by atoms with Crippen molar-refractivity contribution in [2.45, 2.75) is 79.1 Å². The van der Waals surface area contributed by atoms with Gasteiger partial charge in [-0.1, -0.05) is 128 Å². The molecule has 4 aromatic carbocycles. The summed E-state index contributed by atoms with van der Waals surface area (Å²) in [6.07, 6.45) is 0. The first kappa shape index (κ1) is 32.8. The van der Waals surface area contributed by atoms with E-state index in [2.05, 4.69) is 163 Å². The third-order valence-corrected chi connectivity index (χ3v) is 7.54. The lowest BCUT2D eigenvalue weighted by atomic mass is 9.92. The van der Waals surface area contributed by atoms with Crippen molar-refractivity contribution < 1.29 is 17.4 Å². The van der Waals surface area contributed by atoms with Crippen molar-refractivity contribution in [2.24, 2.45) is 4.99 Å². The Balaban J connectivity index is 0.00000484. The van der Waals surface area contributed by atoms with Gasteiger partial charge in [-0.15, -0.1) is 4.99 Å². The van der Waals surface area contributed by atoms with Gasteiger partial charge in [0, 0.05) is 5.56 Å². The van der Waals surface area contributed by atoms with E-state index in [1.807, 2.05) is 0 Å². The van der Waals surface area contributed by atoms with Gasteiger partial charge >= 0.3 is 0 Å². The van der Waals surface area contributed by atoms with Gasteiger partial charge in [0.05, 0.1) is 5.56 Å². The molecule has 0 saturated heterocycles. The minimum atomic E-state index is 0. The molecule has 220 valence electrons. The minimum Gasteiger partial charge on any atom is -1.00 e. The summed E-state index contributed by atoms with van der Waals surface area (Å²) in [5.74, 6) is 3.19. The molecule has 4 aromatic rings. The van der Waals surface area contributed by atoms with Crippen molar-refractivity contribution in [3.05, 3.63) is 130 Å². The largest absolute Gasteiger partial charge is 1.00 e. The maximum atomic E-state index is 5.44. The summed E-state index contributed by atoms with van der Waals surface area (Å²) in [7, 11) is 0. The number of nitrogens with zero attached hydrogens (tertiary/aromatic N) is 1. The van der Waals surface area contributed by atoms with E-state index in [0.717, 1.165) is 28.5 Å². The summed E-state index contributed by atoms with van der Waals surface area (Å²) in [5, 5.41) is 3.88. The molecule has 0 fully saturated rings. The van der Waals surface area contributed by atoms with Crippen LogP contribution in [-0.4, -0.2) is 11.7 Å². The first-order valence-electron chi connectivity index (χ1n) is 15.0. The zero-order valence-corrected chi connectivity index (χ0v) is 27.1. The van der Waals surface area contributed by atoms with Gasteiger partial charge in [-0.05, 0) is 70.2 Å². The van der Waals surface area contributed by atoms with Crippen LogP contribution in [0.5, 0.6) is 0 Å². The van der Waals surface area contributed by atoms with Crippen LogP contribution in [0.1, 0.15) is 112 Å². The van der Waals surface area contributed by atoms with E-state index in [4.69, 9.17) is 4.99 Å². The van der Waals surface area contributed by atoms with Gasteiger partial charge in [0.2, 0.25) is 5.84 Å². The quantitative estimate of drug-likeness (QED) is 0.198. The molecule has 4 rings (SSSR count). The molecular weight excluding hydrogens is 534 g/mol. The number of hydrogen-bond donors (Lipinski definition) is 2. The molecule has 4 heteroatoms. The van der Waals surface area contributed by atoms with Crippen LogP contribution in [0.25, 0.3) is 0 Å². The first-order chi connectivity index (χ1) is 19.7. The highest BCUT2D eigenvalue weighted by molar-refractivity contribution is 6.08. The highest BCUT2D eigenvalue weighted by Gasteiger charge is 2.22. The maximum absolute atomic E-state index is 5.44. The Morgan fingerprint density at radius 3 is 1.36 bits per heavy atom. The third-order valence-electron chi connectivity index (χ3n) is 7.54. The summed E-state index contributed by atoms with van der Waals surface area (Å²) < 4.78 is 0. The number of benzene rings is 4. The monoisotopic (exact) mass is 579 g/mol. The number of amidine groups is 2. The molecule has 0 bridgehead atoms. The third kappa shape index (κ3) is 7.77. The number of nitrogens with one attached hydrogen (secondary N) is 2. The smallest absolute Gasteiger partial charge is 0.268 e. The van der Waals surface area contributed by atoms with Crippen LogP contribution in [0.2, 0.25) is 0 Å². The highest BCUT2D eigenvalue weighted by atomic mass is 35.5. The second-order valence-electron chi connectivity index (χ2n) is 12.0. The molecule has 0 radical (unpaired) electrons. The predicted molar refractivity (Wildman–Crippen MR) is 177 cm³/mol. The lowest BCUT2D eigenvalue weighted by Crippen LogP contribution is -3.00. The average Bonchev–Trinajstić information content (AvgIpc) is 2.96. The molecule has 0 amide bonds. The van der Waals surface area contributed by atoms with E-state index in [9.17, 15) is 0 Å². The first-order valence-corrected chi connectivity index (χ1v) is 15.0. The van der Waals surface area contributed by atoms with Crippen LogP contribution in [0.4, 0.5) is 11.4 Å². The van der Waals surface area contributed by atoms with E-state index in [0.29, 0.717) is 23.7 Å². The number of para-hydroxylation sites is 2. The summed E-state index contributed by atoms with van der Waals surface area (Å²) in [6, 6.07) is 34.2. The van der Waals surface area contributed by atoms with E-state index >= 15 is 0 Å². The second kappa shape index (κ2) is 15.0. The predicted octanol–water partition coefficient (Wildman–Crippen LogP) is 5.90. The van der Waals surface area contributed by atoms with Crippen molar-refractivity contribution in [3.8, 4) is 0 Å². The Bertz CT molecular complexity index is 1450. The Morgan fingerprint density at radius 1 is 0.524 bits per heavy atom. The SMILES string of the molecule is CC(C)c1cccc(C(C)C)c1N=C([NH+]=C(Nc1c(C(C)C)cccc1C(C)C)c1ccccc1)c1ccccc1.[Cl-]. The van der Waals surface area contributed by atoms with Crippen molar-refractivity contribution in [1.29, 1.82) is 0 Å². The molecule has 0 atom stereocenters. The molecule has 0 saturated carbocycles. The van der Waals surface area contributed by atoms with E-state index in [1.54, 1.807) is 0 Å². The number of hydrogen-bond acceptors (Lipinski definition) is 1. The number of aliphatic imine (C=N–C) groups is 1. The second-order valence-corrected chi connectivity index (χ2v) is 12.0. The van der Waals surface area contributed by atoms with Crippen LogP contribution in [-0.2, 0) is 0 Å². The Kier molecular flexibility index (Phi) is 11.7. The molecule has 0 spiro atoms. The van der Waals surface area contributed by atoms with Crippen LogP contribution in [0, 0.1) is 0 Å². The molecule has 3 nitrogen and oxygen atoms in total. The molecule has 2 N–H and O–H groups in total. The maximum Gasteiger partial charge on any atom is 0.268 e. The van der Waals surface area contributed by atoms with Crippen LogP contribution >= 0.6 is 0 Å². The van der Waals surface area contributed by atoms with Gasteiger partial charge in [0.1, 0.15) is 11.4 Å². The van der Waals surface area contributed by atoms with E-state index in [-0.39, 0.29) is 12.4 Å². The summed E-state index contributed by atoms with van der Waals surface area (Å²) in [4.78, 5) is 9.24.